The van der Waals surface area contributed by atoms with Crippen LogP contribution in [-0.4, -0.2) is 30.0 Å². The number of hydrogen-bond acceptors (Lipinski definition) is 5. The Balaban J connectivity index is 3.12. The lowest BCUT2D eigenvalue weighted by molar-refractivity contribution is -0.385. The molecule has 0 amide bonds. The molecule has 0 saturated heterocycles. The van der Waals surface area contributed by atoms with Crippen molar-refractivity contribution in [2.45, 2.75) is 11.4 Å². The predicted molar refractivity (Wildman–Crippen MR) is 66.0 cm³/mol. The maximum atomic E-state index is 11.8. The third-order valence-electron chi connectivity index (χ3n) is 1.85. The second kappa shape index (κ2) is 5.74. The highest BCUT2D eigenvalue weighted by Crippen LogP contribution is 2.25. The molecule has 17 heavy (non-hydrogen) atoms. The Morgan fingerprint density at radius 2 is 2.18 bits per heavy atom. The van der Waals surface area contributed by atoms with Gasteiger partial charge < -0.3 is 0 Å². The minimum Gasteiger partial charge on any atom is -0.258 e. The van der Waals surface area contributed by atoms with Gasteiger partial charge in [-0.3, -0.25) is 10.1 Å². The average Bonchev–Trinajstić information content (AvgIpc) is 2.25. The minimum atomic E-state index is -3.56. The van der Waals surface area contributed by atoms with Crippen molar-refractivity contribution in [2.24, 2.45) is 0 Å². The monoisotopic (exact) mass is 342 g/mol. The van der Waals surface area contributed by atoms with Gasteiger partial charge in [0.25, 0.3) is 5.69 Å². The van der Waals surface area contributed by atoms with Gasteiger partial charge in [-0.2, -0.15) is 0 Å². The molecule has 0 aliphatic heterocycles. The molecular weight excluding hydrogens is 336 g/mol. The summed E-state index contributed by atoms with van der Waals surface area (Å²) in [4.78, 5) is 13.4. The average molecular weight is 344 g/mol. The van der Waals surface area contributed by atoms with E-state index >= 15 is 0 Å². The smallest absolute Gasteiger partial charge is 0.258 e. The van der Waals surface area contributed by atoms with Crippen molar-refractivity contribution >= 4 is 43.1 Å². The number of hydrogen-bond donors (Lipinski definition) is 0. The van der Waals surface area contributed by atoms with Crippen LogP contribution in [0.2, 0.25) is 0 Å². The van der Waals surface area contributed by atoms with Gasteiger partial charge in [-0.15, -0.1) is 11.6 Å². The first kappa shape index (κ1) is 14.3. The van der Waals surface area contributed by atoms with Gasteiger partial charge in [0.15, 0.2) is 14.9 Å². The Morgan fingerprint density at radius 3 is 2.65 bits per heavy atom. The summed E-state index contributed by atoms with van der Waals surface area (Å²) in [6.45, 7) is 0. The fourth-order valence-corrected chi connectivity index (χ4v) is 3.74. The lowest BCUT2D eigenvalue weighted by Gasteiger charge is -2.04. The molecule has 1 rings (SSSR count). The van der Waals surface area contributed by atoms with E-state index < -0.39 is 14.8 Å². The summed E-state index contributed by atoms with van der Waals surface area (Å²) in [6, 6.07) is 1.11. The van der Waals surface area contributed by atoms with Gasteiger partial charge in [0.1, 0.15) is 6.20 Å². The molecule has 1 heterocycles. The summed E-state index contributed by atoms with van der Waals surface area (Å²) in [7, 11) is -3.56. The molecule has 0 N–H and O–H groups in total. The van der Waals surface area contributed by atoms with E-state index in [-0.39, 0.29) is 26.8 Å². The van der Waals surface area contributed by atoms with Crippen LogP contribution in [0.4, 0.5) is 5.69 Å². The SMILES string of the molecule is O=[N+]([O-])c1cnc(S(=O)(=O)CCCCl)c(Br)c1. The second-order valence-corrected chi connectivity index (χ2v) is 6.36. The van der Waals surface area contributed by atoms with Crippen molar-refractivity contribution in [1.82, 2.24) is 4.98 Å². The molecule has 0 aliphatic rings. The summed E-state index contributed by atoms with van der Waals surface area (Å²) < 4.78 is 23.6. The zero-order valence-corrected chi connectivity index (χ0v) is 11.6. The van der Waals surface area contributed by atoms with Crippen LogP contribution in [-0.2, 0) is 9.84 Å². The fraction of sp³-hybridized carbons (Fsp3) is 0.375. The molecule has 6 nitrogen and oxygen atoms in total. The van der Waals surface area contributed by atoms with Gasteiger partial charge in [0.2, 0.25) is 0 Å². The third kappa shape index (κ3) is 3.62. The molecule has 0 unspecified atom stereocenters. The van der Waals surface area contributed by atoms with E-state index in [4.69, 9.17) is 11.6 Å². The first-order valence-corrected chi connectivity index (χ1v) is 7.45. The molecule has 1 aromatic heterocycles. The highest BCUT2D eigenvalue weighted by atomic mass is 79.9. The van der Waals surface area contributed by atoms with Crippen molar-refractivity contribution < 1.29 is 13.3 Å². The Bertz CT molecular complexity index is 534. The number of alkyl halides is 1. The van der Waals surface area contributed by atoms with Crippen molar-refractivity contribution in [1.29, 1.82) is 0 Å². The Hall–Kier alpha value is -0.730. The van der Waals surface area contributed by atoms with Gasteiger partial charge in [0.05, 0.1) is 15.1 Å². The summed E-state index contributed by atoms with van der Waals surface area (Å²) in [5.74, 6) is 0.0870. The number of aromatic nitrogens is 1. The first-order valence-electron chi connectivity index (χ1n) is 4.47. The lowest BCUT2D eigenvalue weighted by atomic mass is 10.4. The topological polar surface area (TPSA) is 90.2 Å². The van der Waals surface area contributed by atoms with E-state index in [0.717, 1.165) is 12.3 Å². The minimum absolute atomic E-state index is 0.0845. The summed E-state index contributed by atoms with van der Waals surface area (Å²) in [5.41, 5.74) is -0.270. The van der Waals surface area contributed by atoms with Gasteiger partial charge in [0, 0.05) is 11.9 Å². The van der Waals surface area contributed by atoms with E-state index in [1.54, 1.807) is 0 Å². The lowest BCUT2D eigenvalue weighted by Crippen LogP contribution is -2.10. The third-order valence-corrected chi connectivity index (χ3v) is 4.72. The normalized spacial score (nSPS) is 11.4. The van der Waals surface area contributed by atoms with E-state index in [1.807, 2.05) is 0 Å². The van der Waals surface area contributed by atoms with E-state index in [2.05, 4.69) is 20.9 Å². The fourth-order valence-electron chi connectivity index (χ4n) is 1.09. The summed E-state index contributed by atoms with van der Waals surface area (Å²) in [5, 5.41) is 10.3. The van der Waals surface area contributed by atoms with Gasteiger partial charge in [-0.25, -0.2) is 13.4 Å². The maximum absolute atomic E-state index is 11.8. The van der Waals surface area contributed by atoms with E-state index in [9.17, 15) is 18.5 Å². The largest absolute Gasteiger partial charge is 0.288 e. The number of halogens is 2. The zero-order chi connectivity index (χ0) is 13.1. The van der Waals surface area contributed by atoms with Crippen LogP contribution in [0.5, 0.6) is 0 Å². The first-order chi connectivity index (χ1) is 7.88. The molecule has 0 aromatic carbocycles. The highest BCUT2D eigenvalue weighted by molar-refractivity contribution is 9.10. The van der Waals surface area contributed by atoms with Gasteiger partial charge >= 0.3 is 0 Å². The van der Waals surface area contributed by atoms with Crippen molar-refractivity contribution in [3.63, 3.8) is 0 Å². The van der Waals surface area contributed by atoms with Crippen molar-refractivity contribution in [3.05, 3.63) is 26.9 Å². The van der Waals surface area contributed by atoms with E-state index in [0.29, 0.717) is 6.42 Å². The summed E-state index contributed by atoms with van der Waals surface area (Å²) >= 11 is 8.38. The van der Waals surface area contributed by atoms with Crippen LogP contribution in [0.1, 0.15) is 6.42 Å². The van der Waals surface area contributed by atoms with Crippen LogP contribution in [0.3, 0.4) is 0 Å². The molecule has 94 valence electrons. The molecule has 0 spiro atoms. The van der Waals surface area contributed by atoms with Crippen molar-refractivity contribution in [2.75, 3.05) is 11.6 Å². The van der Waals surface area contributed by atoms with Crippen LogP contribution in [0.25, 0.3) is 0 Å². The summed E-state index contributed by atoms with van der Waals surface area (Å²) in [6.07, 6.45) is 1.22. The molecule has 0 aliphatic carbocycles. The Labute approximate surface area is 111 Å². The number of nitro groups is 1. The maximum Gasteiger partial charge on any atom is 0.288 e. The number of pyridine rings is 1. The molecule has 0 bridgehead atoms. The van der Waals surface area contributed by atoms with Gasteiger partial charge in [-0.05, 0) is 22.4 Å². The second-order valence-electron chi connectivity index (χ2n) is 3.10. The van der Waals surface area contributed by atoms with Crippen LogP contribution in [0, 0.1) is 10.1 Å². The molecule has 0 radical (unpaired) electrons. The van der Waals surface area contributed by atoms with Crippen LogP contribution in [0.15, 0.2) is 21.8 Å². The molecule has 0 fully saturated rings. The number of sulfone groups is 1. The molecule has 0 atom stereocenters. The zero-order valence-electron chi connectivity index (χ0n) is 8.47. The molecular formula is C8H8BrClN2O4S. The van der Waals surface area contributed by atoms with E-state index in [1.165, 1.54) is 0 Å². The van der Waals surface area contributed by atoms with Gasteiger partial charge in [-0.1, -0.05) is 0 Å². The molecule has 1 aromatic rings. The molecule has 0 saturated carbocycles. The highest BCUT2D eigenvalue weighted by Gasteiger charge is 2.21. The van der Waals surface area contributed by atoms with Crippen LogP contribution < -0.4 is 0 Å². The Morgan fingerprint density at radius 1 is 1.53 bits per heavy atom. The Kier molecular flexibility index (Phi) is 4.84. The standard InChI is InChI=1S/C8H8BrClN2O4S/c9-7-4-6(12(13)14)5-11-8(7)17(15,16)3-1-2-10/h4-5H,1-3H2. The van der Waals surface area contributed by atoms with Crippen LogP contribution >= 0.6 is 27.5 Å². The van der Waals surface area contributed by atoms with Crippen molar-refractivity contribution in [3.8, 4) is 0 Å². The number of nitrogens with zero attached hydrogens (tertiary/aromatic N) is 2. The number of rotatable bonds is 5. The quantitative estimate of drug-likeness (QED) is 0.464. The molecule has 9 heteroatoms. The predicted octanol–water partition coefficient (Wildman–Crippen LogP) is 2.15.